The largest absolute Gasteiger partial charge is 0.494 e. The van der Waals surface area contributed by atoms with E-state index in [1.54, 1.807) is 0 Å². The Labute approximate surface area is 146 Å². The van der Waals surface area contributed by atoms with Gasteiger partial charge in [0.1, 0.15) is 11.6 Å². The fraction of sp³-hybridized carbons (Fsp3) is 0.143. The number of imidazole rings is 1. The zero-order valence-corrected chi connectivity index (χ0v) is 14.1. The summed E-state index contributed by atoms with van der Waals surface area (Å²) in [4.78, 5) is 12.5. The standard InChI is InChI=1S/C21H19N3O/c1-2-11-25-18-10-6-9-16(12-18)20-23-19-13-17(14-22-21(19)24-20)15-7-4-3-5-8-15/h3-10,12-14H,2,11H2,1H3,(H,22,23,24). The van der Waals surface area contributed by atoms with Crippen LogP contribution in [0.2, 0.25) is 0 Å². The molecule has 4 rings (SSSR count). The first-order chi connectivity index (χ1) is 12.3. The van der Waals surface area contributed by atoms with E-state index in [4.69, 9.17) is 4.74 Å². The van der Waals surface area contributed by atoms with E-state index in [2.05, 4.69) is 40.1 Å². The maximum atomic E-state index is 5.71. The van der Waals surface area contributed by atoms with Crippen molar-refractivity contribution in [3.8, 4) is 28.3 Å². The monoisotopic (exact) mass is 329 g/mol. The van der Waals surface area contributed by atoms with Crippen molar-refractivity contribution < 1.29 is 4.74 Å². The minimum atomic E-state index is 0.714. The van der Waals surface area contributed by atoms with E-state index in [0.717, 1.165) is 45.8 Å². The molecular weight excluding hydrogens is 310 g/mol. The molecule has 124 valence electrons. The van der Waals surface area contributed by atoms with Gasteiger partial charge >= 0.3 is 0 Å². The van der Waals surface area contributed by atoms with Gasteiger partial charge in [0.25, 0.3) is 0 Å². The summed E-state index contributed by atoms with van der Waals surface area (Å²) in [7, 11) is 0. The van der Waals surface area contributed by atoms with Gasteiger partial charge in [-0.05, 0) is 30.2 Å². The Bertz CT molecular complexity index is 992. The van der Waals surface area contributed by atoms with Crippen molar-refractivity contribution in [2.75, 3.05) is 6.61 Å². The van der Waals surface area contributed by atoms with Crippen molar-refractivity contribution in [1.82, 2.24) is 15.0 Å². The highest BCUT2D eigenvalue weighted by Crippen LogP contribution is 2.26. The number of hydrogen-bond acceptors (Lipinski definition) is 3. The summed E-state index contributed by atoms with van der Waals surface area (Å²) in [5, 5.41) is 0. The first-order valence-electron chi connectivity index (χ1n) is 8.48. The van der Waals surface area contributed by atoms with Crippen molar-refractivity contribution >= 4 is 11.2 Å². The van der Waals surface area contributed by atoms with E-state index in [9.17, 15) is 0 Å². The van der Waals surface area contributed by atoms with E-state index in [-0.39, 0.29) is 0 Å². The number of aromatic nitrogens is 3. The van der Waals surface area contributed by atoms with E-state index in [0.29, 0.717) is 6.61 Å². The highest BCUT2D eigenvalue weighted by atomic mass is 16.5. The molecule has 2 aromatic heterocycles. The Morgan fingerprint density at radius 1 is 0.920 bits per heavy atom. The summed E-state index contributed by atoms with van der Waals surface area (Å²) in [5.74, 6) is 1.66. The number of hydrogen-bond donors (Lipinski definition) is 1. The highest BCUT2D eigenvalue weighted by Gasteiger charge is 2.09. The summed E-state index contributed by atoms with van der Waals surface area (Å²) in [6.45, 7) is 2.81. The van der Waals surface area contributed by atoms with E-state index in [1.807, 2.05) is 48.7 Å². The third-order valence-corrected chi connectivity index (χ3v) is 4.02. The molecule has 0 saturated heterocycles. The smallest absolute Gasteiger partial charge is 0.178 e. The molecule has 0 aliphatic heterocycles. The molecule has 0 aliphatic carbocycles. The number of nitrogens with one attached hydrogen (secondary N) is 1. The first-order valence-corrected chi connectivity index (χ1v) is 8.48. The second-order valence-corrected chi connectivity index (χ2v) is 5.92. The molecule has 25 heavy (non-hydrogen) atoms. The van der Waals surface area contributed by atoms with Crippen molar-refractivity contribution in [1.29, 1.82) is 0 Å². The van der Waals surface area contributed by atoms with Crippen LogP contribution >= 0.6 is 0 Å². The van der Waals surface area contributed by atoms with Crippen molar-refractivity contribution in [2.24, 2.45) is 0 Å². The van der Waals surface area contributed by atoms with Crippen LogP contribution in [-0.2, 0) is 0 Å². The third kappa shape index (κ3) is 3.24. The molecule has 2 heterocycles. The van der Waals surface area contributed by atoms with Crippen molar-refractivity contribution in [2.45, 2.75) is 13.3 Å². The van der Waals surface area contributed by atoms with Crippen LogP contribution in [0, 0.1) is 0 Å². The second-order valence-electron chi connectivity index (χ2n) is 5.92. The van der Waals surface area contributed by atoms with Crippen LogP contribution in [0.3, 0.4) is 0 Å². The average molecular weight is 329 g/mol. The van der Waals surface area contributed by atoms with Gasteiger partial charge < -0.3 is 9.72 Å². The highest BCUT2D eigenvalue weighted by molar-refractivity contribution is 5.81. The quantitative estimate of drug-likeness (QED) is 0.555. The molecule has 0 spiro atoms. The Balaban J connectivity index is 1.70. The topological polar surface area (TPSA) is 50.8 Å². The van der Waals surface area contributed by atoms with Crippen LogP contribution in [0.1, 0.15) is 13.3 Å². The molecule has 4 aromatic rings. The van der Waals surface area contributed by atoms with Crippen molar-refractivity contribution in [3.63, 3.8) is 0 Å². The zero-order chi connectivity index (χ0) is 17.1. The van der Waals surface area contributed by atoms with Crippen molar-refractivity contribution in [3.05, 3.63) is 66.9 Å². The molecular formula is C21H19N3O. The third-order valence-electron chi connectivity index (χ3n) is 4.02. The number of rotatable bonds is 5. The maximum absolute atomic E-state index is 5.71. The van der Waals surface area contributed by atoms with Crippen LogP contribution in [0.25, 0.3) is 33.7 Å². The van der Waals surface area contributed by atoms with Gasteiger partial charge in [-0.1, -0.05) is 49.4 Å². The van der Waals surface area contributed by atoms with Crippen LogP contribution in [0.15, 0.2) is 66.9 Å². The van der Waals surface area contributed by atoms with Gasteiger partial charge in [0.05, 0.1) is 12.1 Å². The zero-order valence-electron chi connectivity index (χ0n) is 14.1. The van der Waals surface area contributed by atoms with Crippen LogP contribution in [0.4, 0.5) is 0 Å². The Hall–Kier alpha value is -3.14. The lowest BCUT2D eigenvalue weighted by atomic mass is 10.1. The molecule has 0 unspecified atom stereocenters. The van der Waals surface area contributed by atoms with E-state index < -0.39 is 0 Å². The molecule has 0 radical (unpaired) electrons. The lowest BCUT2D eigenvalue weighted by Crippen LogP contribution is -1.94. The normalized spacial score (nSPS) is 10.9. The van der Waals surface area contributed by atoms with Gasteiger partial charge in [0, 0.05) is 17.3 Å². The van der Waals surface area contributed by atoms with Crippen LogP contribution in [0.5, 0.6) is 5.75 Å². The Kier molecular flexibility index (Phi) is 4.17. The predicted molar refractivity (Wildman–Crippen MR) is 101 cm³/mol. The van der Waals surface area contributed by atoms with Crippen LogP contribution < -0.4 is 4.74 Å². The van der Waals surface area contributed by atoms with Gasteiger partial charge in [-0.2, -0.15) is 0 Å². The minimum Gasteiger partial charge on any atom is -0.494 e. The molecule has 1 N–H and O–H groups in total. The van der Waals surface area contributed by atoms with Gasteiger partial charge in [-0.3, -0.25) is 0 Å². The fourth-order valence-corrected chi connectivity index (χ4v) is 2.78. The fourth-order valence-electron chi connectivity index (χ4n) is 2.78. The summed E-state index contributed by atoms with van der Waals surface area (Å²) in [6.07, 6.45) is 2.85. The SMILES string of the molecule is CCCOc1cccc(-c2nc3ncc(-c4ccccc4)cc3[nH]2)c1. The maximum Gasteiger partial charge on any atom is 0.178 e. The number of H-pyrrole nitrogens is 1. The average Bonchev–Trinajstić information content (AvgIpc) is 3.11. The van der Waals surface area contributed by atoms with Gasteiger partial charge in [0.15, 0.2) is 5.65 Å². The number of pyridine rings is 1. The molecule has 2 aromatic carbocycles. The molecule has 0 aliphatic rings. The molecule has 0 atom stereocenters. The number of ether oxygens (including phenoxy) is 1. The molecule has 0 fully saturated rings. The molecule has 0 saturated carbocycles. The number of benzene rings is 2. The molecule has 0 amide bonds. The number of aromatic amines is 1. The number of nitrogens with zero attached hydrogens (tertiary/aromatic N) is 2. The summed E-state index contributed by atoms with van der Waals surface area (Å²) < 4.78 is 5.71. The van der Waals surface area contributed by atoms with Crippen LogP contribution in [-0.4, -0.2) is 21.6 Å². The van der Waals surface area contributed by atoms with E-state index in [1.165, 1.54) is 0 Å². The Morgan fingerprint density at radius 2 is 1.76 bits per heavy atom. The van der Waals surface area contributed by atoms with Gasteiger partial charge in [0.2, 0.25) is 0 Å². The molecule has 0 bridgehead atoms. The number of fused-ring (bicyclic) bond motifs is 1. The lowest BCUT2D eigenvalue weighted by Gasteiger charge is -2.05. The minimum absolute atomic E-state index is 0.714. The lowest BCUT2D eigenvalue weighted by molar-refractivity contribution is 0.317. The van der Waals surface area contributed by atoms with E-state index >= 15 is 0 Å². The predicted octanol–water partition coefficient (Wildman–Crippen LogP) is 5.08. The molecule has 4 nitrogen and oxygen atoms in total. The van der Waals surface area contributed by atoms with Gasteiger partial charge in [-0.25, -0.2) is 9.97 Å². The Morgan fingerprint density at radius 3 is 2.60 bits per heavy atom. The van der Waals surface area contributed by atoms with Gasteiger partial charge in [-0.15, -0.1) is 0 Å². The summed E-state index contributed by atoms with van der Waals surface area (Å²) in [6, 6.07) is 20.3. The second kappa shape index (κ2) is 6.77. The first kappa shape index (κ1) is 15.4. The summed E-state index contributed by atoms with van der Waals surface area (Å²) >= 11 is 0. The summed E-state index contributed by atoms with van der Waals surface area (Å²) in [5.41, 5.74) is 4.85. The molecule has 4 heteroatoms.